The van der Waals surface area contributed by atoms with Gasteiger partial charge in [0.25, 0.3) is 5.56 Å². The lowest BCUT2D eigenvalue weighted by Gasteiger charge is -2.07. The van der Waals surface area contributed by atoms with Crippen LogP contribution in [-0.2, 0) is 17.6 Å². The summed E-state index contributed by atoms with van der Waals surface area (Å²) in [5, 5.41) is 7.46. The van der Waals surface area contributed by atoms with E-state index < -0.39 is 0 Å². The molecule has 0 radical (unpaired) electrons. The van der Waals surface area contributed by atoms with E-state index in [0.717, 1.165) is 23.4 Å². The van der Waals surface area contributed by atoms with E-state index >= 15 is 0 Å². The Bertz CT molecular complexity index is 1020. The average Bonchev–Trinajstić information content (AvgIpc) is 2.94. The minimum Gasteiger partial charge on any atom is -0.356 e. The molecule has 146 valence electrons. The Morgan fingerprint density at radius 3 is 2.61 bits per heavy atom. The molecule has 28 heavy (non-hydrogen) atoms. The van der Waals surface area contributed by atoms with Gasteiger partial charge in [-0.25, -0.2) is 9.67 Å². The second kappa shape index (κ2) is 8.65. The summed E-state index contributed by atoms with van der Waals surface area (Å²) in [5.41, 5.74) is 4.33. The van der Waals surface area contributed by atoms with E-state index in [1.54, 1.807) is 11.6 Å². The minimum atomic E-state index is -0.214. The summed E-state index contributed by atoms with van der Waals surface area (Å²) in [4.78, 5) is 31.0. The van der Waals surface area contributed by atoms with E-state index in [0.29, 0.717) is 31.0 Å². The van der Waals surface area contributed by atoms with Gasteiger partial charge in [0.15, 0.2) is 0 Å². The molecular formula is C21H25N5O2. The van der Waals surface area contributed by atoms with Crippen LogP contribution in [0.15, 0.2) is 41.2 Å². The number of benzene rings is 1. The zero-order chi connectivity index (χ0) is 20.1. The van der Waals surface area contributed by atoms with Gasteiger partial charge in [-0.15, -0.1) is 0 Å². The Hall–Kier alpha value is -3.22. The van der Waals surface area contributed by atoms with Crippen molar-refractivity contribution in [1.82, 2.24) is 25.1 Å². The van der Waals surface area contributed by atoms with Crippen molar-refractivity contribution in [2.75, 3.05) is 6.54 Å². The van der Waals surface area contributed by atoms with Crippen LogP contribution in [0.4, 0.5) is 0 Å². The topological polar surface area (TPSA) is 92.7 Å². The van der Waals surface area contributed by atoms with Crippen molar-refractivity contribution in [2.24, 2.45) is 0 Å². The fourth-order valence-electron chi connectivity index (χ4n) is 3.22. The highest BCUT2D eigenvalue weighted by molar-refractivity contribution is 5.76. The SMILES string of the molecule is Cc1cc(=O)[nH]c(-n2nc(C)c(CCC(=O)NCCc3ccccc3)c2C)n1. The number of carbonyl (C=O) groups excluding carboxylic acids is 1. The predicted octanol–water partition coefficient (Wildman–Crippen LogP) is 2.17. The number of rotatable bonds is 7. The van der Waals surface area contributed by atoms with Crippen molar-refractivity contribution in [3.05, 3.63) is 75.0 Å². The molecule has 0 bridgehead atoms. The molecule has 0 aliphatic rings. The van der Waals surface area contributed by atoms with Crippen LogP contribution in [0, 0.1) is 20.8 Å². The molecule has 7 nitrogen and oxygen atoms in total. The van der Waals surface area contributed by atoms with E-state index in [9.17, 15) is 9.59 Å². The molecule has 0 fully saturated rings. The first kappa shape index (κ1) is 19.5. The third kappa shape index (κ3) is 4.73. The number of hydrogen-bond donors (Lipinski definition) is 2. The van der Waals surface area contributed by atoms with Gasteiger partial charge in [0.05, 0.1) is 5.69 Å². The number of aromatic nitrogens is 4. The summed E-state index contributed by atoms with van der Waals surface area (Å²) < 4.78 is 1.63. The molecule has 0 aliphatic carbocycles. The highest BCUT2D eigenvalue weighted by Crippen LogP contribution is 2.17. The van der Waals surface area contributed by atoms with E-state index in [2.05, 4.69) is 32.5 Å². The number of amides is 1. The third-order valence-corrected chi connectivity index (χ3v) is 4.68. The van der Waals surface area contributed by atoms with Gasteiger partial charge in [-0.05, 0) is 44.7 Å². The lowest BCUT2D eigenvalue weighted by molar-refractivity contribution is -0.121. The normalized spacial score (nSPS) is 10.8. The van der Waals surface area contributed by atoms with Crippen LogP contribution < -0.4 is 10.9 Å². The van der Waals surface area contributed by atoms with E-state index in [1.165, 1.54) is 11.6 Å². The summed E-state index contributed by atoms with van der Waals surface area (Å²) in [6.07, 6.45) is 1.79. The summed E-state index contributed by atoms with van der Waals surface area (Å²) in [7, 11) is 0. The minimum absolute atomic E-state index is 0.0181. The maximum Gasteiger partial charge on any atom is 0.252 e. The first-order chi connectivity index (χ1) is 13.4. The number of hydrogen-bond acceptors (Lipinski definition) is 4. The summed E-state index contributed by atoms with van der Waals surface area (Å²) in [5.74, 6) is 0.411. The molecule has 1 amide bonds. The summed E-state index contributed by atoms with van der Waals surface area (Å²) >= 11 is 0. The fourth-order valence-corrected chi connectivity index (χ4v) is 3.22. The Labute approximate surface area is 163 Å². The Morgan fingerprint density at radius 2 is 1.89 bits per heavy atom. The lowest BCUT2D eigenvalue weighted by atomic mass is 10.1. The predicted molar refractivity (Wildman–Crippen MR) is 108 cm³/mol. The highest BCUT2D eigenvalue weighted by Gasteiger charge is 2.15. The van der Waals surface area contributed by atoms with Gasteiger partial charge in [-0.2, -0.15) is 5.10 Å². The molecule has 0 saturated carbocycles. The first-order valence-electron chi connectivity index (χ1n) is 9.38. The van der Waals surface area contributed by atoms with Crippen LogP contribution in [0.1, 0.15) is 34.6 Å². The molecule has 3 aromatic rings. The molecule has 7 heteroatoms. The molecule has 0 aliphatic heterocycles. The first-order valence-corrected chi connectivity index (χ1v) is 9.38. The van der Waals surface area contributed by atoms with Crippen molar-refractivity contribution < 1.29 is 4.79 Å². The quantitative estimate of drug-likeness (QED) is 0.658. The van der Waals surface area contributed by atoms with E-state index in [-0.39, 0.29) is 11.5 Å². The van der Waals surface area contributed by atoms with Crippen LogP contribution >= 0.6 is 0 Å². The molecule has 1 aromatic carbocycles. The number of carbonyl (C=O) groups is 1. The maximum atomic E-state index is 12.2. The molecule has 2 aromatic heterocycles. The zero-order valence-corrected chi connectivity index (χ0v) is 16.5. The monoisotopic (exact) mass is 379 g/mol. The second-order valence-electron chi connectivity index (χ2n) is 6.86. The van der Waals surface area contributed by atoms with Crippen molar-refractivity contribution in [3.8, 4) is 5.95 Å². The van der Waals surface area contributed by atoms with Crippen LogP contribution in [-0.4, -0.2) is 32.2 Å². The van der Waals surface area contributed by atoms with Gasteiger partial charge in [-0.1, -0.05) is 30.3 Å². The van der Waals surface area contributed by atoms with Gasteiger partial charge in [-0.3, -0.25) is 14.6 Å². The Morgan fingerprint density at radius 1 is 1.14 bits per heavy atom. The van der Waals surface area contributed by atoms with Gasteiger partial charge in [0.1, 0.15) is 0 Å². The van der Waals surface area contributed by atoms with Gasteiger partial charge < -0.3 is 5.32 Å². The molecule has 0 atom stereocenters. The smallest absolute Gasteiger partial charge is 0.252 e. The average molecular weight is 379 g/mol. The van der Waals surface area contributed by atoms with Crippen LogP contribution in [0.2, 0.25) is 0 Å². The van der Waals surface area contributed by atoms with Crippen molar-refractivity contribution in [1.29, 1.82) is 0 Å². The fraction of sp³-hybridized carbons (Fsp3) is 0.333. The Kier molecular flexibility index (Phi) is 6.03. The van der Waals surface area contributed by atoms with Crippen LogP contribution in [0.5, 0.6) is 0 Å². The highest BCUT2D eigenvalue weighted by atomic mass is 16.1. The number of nitrogens with one attached hydrogen (secondary N) is 2. The van der Waals surface area contributed by atoms with E-state index in [1.807, 2.05) is 32.0 Å². The van der Waals surface area contributed by atoms with Crippen molar-refractivity contribution in [2.45, 2.75) is 40.0 Å². The molecule has 2 heterocycles. The molecule has 0 saturated heterocycles. The standard InChI is InChI=1S/C21H25N5O2/c1-14-13-20(28)24-21(23-14)26-16(3)18(15(2)25-26)9-10-19(27)22-12-11-17-7-5-4-6-8-17/h4-8,13H,9-12H2,1-3H3,(H,22,27)(H,23,24,28). The molecular weight excluding hydrogens is 354 g/mol. The number of nitrogens with zero attached hydrogens (tertiary/aromatic N) is 3. The summed E-state index contributed by atoms with van der Waals surface area (Å²) in [6, 6.07) is 11.5. The molecule has 3 rings (SSSR count). The molecule has 0 unspecified atom stereocenters. The second-order valence-corrected chi connectivity index (χ2v) is 6.86. The number of aryl methyl sites for hydroxylation is 2. The molecule has 2 N–H and O–H groups in total. The Balaban J connectivity index is 1.61. The zero-order valence-electron chi connectivity index (χ0n) is 16.5. The third-order valence-electron chi connectivity index (χ3n) is 4.68. The lowest BCUT2D eigenvalue weighted by Crippen LogP contribution is -2.26. The molecule has 0 spiro atoms. The van der Waals surface area contributed by atoms with Crippen LogP contribution in [0.3, 0.4) is 0 Å². The van der Waals surface area contributed by atoms with E-state index in [4.69, 9.17) is 0 Å². The van der Waals surface area contributed by atoms with Gasteiger partial charge in [0, 0.05) is 30.4 Å². The van der Waals surface area contributed by atoms with Crippen molar-refractivity contribution >= 4 is 5.91 Å². The van der Waals surface area contributed by atoms with Crippen molar-refractivity contribution in [3.63, 3.8) is 0 Å². The van der Waals surface area contributed by atoms with Crippen LogP contribution in [0.25, 0.3) is 5.95 Å². The van der Waals surface area contributed by atoms with Gasteiger partial charge in [0.2, 0.25) is 11.9 Å². The number of H-pyrrole nitrogens is 1. The summed E-state index contributed by atoms with van der Waals surface area (Å²) in [6.45, 7) is 6.21. The largest absolute Gasteiger partial charge is 0.356 e. The van der Waals surface area contributed by atoms with Gasteiger partial charge >= 0.3 is 0 Å². The number of aromatic amines is 1. The maximum absolute atomic E-state index is 12.2.